The van der Waals surface area contributed by atoms with Crippen LogP contribution in [0.15, 0.2) is 18.2 Å². The van der Waals surface area contributed by atoms with E-state index in [0.717, 1.165) is 31.1 Å². The van der Waals surface area contributed by atoms with Gasteiger partial charge in [0.2, 0.25) is 0 Å². The van der Waals surface area contributed by atoms with E-state index in [2.05, 4.69) is 38.2 Å². The zero-order valence-electron chi connectivity index (χ0n) is 13.4. The van der Waals surface area contributed by atoms with Crippen LogP contribution in [0, 0.1) is 5.41 Å². The lowest BCUT2D eigenvalue weighted by molar-refractivity contribution is 0.297. The van der Waals surface area contributed by atoms with Crippen molar-refractivity contribution in [3.05, 3.63) is 23.8 Å². The molecule has 0 saturated heterocycles. The number of rotatable bonds is 3. The fourth-order valence-electron chi connectivity index (χ4n) is 3.48. The molecule has 1 heterocycles. The fourth-order valence-corrected chi connectivity index (χ4v) is 3.48. The minimum absolute atomic E-state index is 0.348. The molecule has 1 aliphatic carbocycles. The highest BCUT2D eigenvalue weighted by molar-refractivity contribution is 5.44. The van der Waals surface area contributed by atoms with Crippen molar-refractivity contribution in [2.75, 3.05) is 13.2 Å². The summed E-state index contributed by atoms with van der Waals surface area (Å²) in [6.07, 6.45) is 4.82. The van der Waals surface area contributed by atoms with Crippen LogP contribution in [0.1, 0.15) is 58.1 Å². The Kier molecular flexibility index (Phi) is 4.12. The van der Waals surface area contributed by atoms with Crippen LogP contribution in [0.25, 0.3) is 0 Å². The zero-order valence-corrected chi connectivity index (χ0v) is 13.4. The minimum atomic E-state index is 0.348. The molecule has 1 aliphatic heterocycles. The molecule has 21 heavy (non-hydrogen) atoms. The number of hydrogen-bond acceptors (Lipinski definition) is 3. The van der Waals surface area contributed by atoms with Crippen molar-refractivity contribution in [2.24, 2.45) is 5.41 Å². The Hall–Kier alpha value is -1.22. The summed E-state index contributed by atoms with van der Waals surface area (Å²) in [4.78, 5) is 0. The van der Waals surface area contributed by atoms with Gasteiger partial charge in [-0.05, 0) is 49.3 Å². The molecular weight excluding hydrogens is 262 g/mol. The van der Waals surface area contributed by atoms with Crippen LogP contribution in [0.3, 0.4) is 0 Å². The number of ether oxygens (including phenoxy) is 2. The summed E-state index contributed by atoms with van der Waals surface area (Å²) >= 11 is 0. The van der Waals surface area contributed by atoms with Crippen molar-refractivity contribution < 1.29 is 9.47 Å². The molecule has 0 amide bonds. The quantitative estimate of drug-likeness (QED) is 0.909. The van der Waals surface area contributed by atoms with Gasteiger partial charge in [0.05, 0.1) is 13.2 Å². The third-order valence-corrected chi connectivity index (χ3v) is 4.73. The van der Waals surface area contributed by atoms with E-state index in [0.29, 0.717) is 17.5 Å². The molecule has 1 aromatic rings. The summed E-state index contributed by atoms with van der Waals surface area (Å²) in [7, 11) is 0. The lowest BCUT2D eigenvalue weighted by Gasteiger charge is -2.22. The molecule has 1 aromatic carbocycles. The Morgan fingerprint density at radius 3 is 2.67 bits per heavy atom. The largest absolute Gasteiger partial charge is 0.490 e. The lowest BCUT2D eigenvalue weighted by Crippen LogP contribution is -2.30. The number of nitrogens with one attached hydrogen (secondary N) is 1. The van der Waals surface area contributed by atoms with Crippen LogP contribution in [0.5, 0.6) is 11.5 Å². The van der Waals surface area contributed by atoms with Crippen LogP contribution in [0.4, 0.5) is 0 Å². The monoisotopic (exact) mass is 289 g/mol. The molecule has 0 radical (unpaired) electrons. The summed E-state index contributed by atoms with van der Waals surface area (Å²) in [6, 6.07) is 7.32. The highest BCUT2D eigenvalue weighted by Crippen LogP contribution is 2.38. The fraction of sp³-hybridized carbons (Fsp3) is 0.667. The van der Waals surface area contributed by atoms with Gasteiger partial charge in [-0.25, -0.2) is 0 Å². The van der Waals surface area contributed by atoms with Gasteiger partial charge in [-0.1, -0.05) is 19.9 Å². The molecule has 3 nitrogen and oxygen atoms in total. The topological polar surface area (TPSA) is 30.5 Å². The second-order valence-electron chi connectivity index (χ2n) is 7.25. The molecule has 2 unspecified atom stereocenters. The van der Waals surface area contributed by atoms with E-state index in [9.17, 15) is 0 Å². The Balaban J connectivity index is 1.67. The van der Waals surface area contributed by atoms with E-state index in [4.69, 9.17) is 9.47 Å². The Morgan fingerprint density at radius 2 is 1.95 bits per heavy atom. The number of hydrogen-bond donors (Lipinski definition) is 1. The Bertz CT molecular complexity index is 498. The summed E-state index contributed by atoms with van der Waals surface area (Å²) in [5.74, 6) is 1.77. The predicted octanol–water partition coefficient (Wildman–Crippen LogP) is 4.08. The van der Waals surface area contributed by atoms with Gasteiger partial charge in [-0.2, -0.15) is 0 Å². The summed E-state index contributed by atoms with van der Waals surface area (Å²) in [6.45, 7) is 8.47. The first-order valence-electron chi connectivity index (χ1n) is 8.19. The predicted molar refractivity (Wildman–Crippen MR) is 85.0 cm³/mol. The van der Waals surface area contributed by atoms with Crippen molar-refractivity contribution >= 4 is 0 Å². The van der Waals surface area contributed by atoms with Gasteiger partial charge in [0.25, 0.3) is 0 Å². The van der Waals surface area contributed by atoms with Crippen molar-refractivity contribution in [3.8, 4) is 11.5 Å². The molecule has 1 fully saturated rings. The van der Waals surface area contributed by atoms with E-state index in [-0.39, 0.29) is 0 Å². The van der Waals surface area contributed by atoms with Crippen molar-refractivity contribution in [3.63, 3.8) is 0 Å². The van der Waals surface area contributed by atoms with Gasteiger partial charge in [0.15, 0.2) is 11.5 Å². The maximum Gasteiger partial charge on any atom is 0.161 e. The van der Waals surface area contributed by atoms with Gasteiger partial charge in [-0.15, -0.1) is 0 Å². The molecule has 2 aliphatic rings. The molecule has 2 atom stereocenters. The molecule has 3 heteroatoms. The standard InChI is InChI=1S/C18H27NO2/c1-13(19-15-7-8-18(2,3)12-15)14-5-6-16-17(11-14)21-10-4-9-20-16/h5-6,11,13,15,19H,4,7-10,12H2,1-3H3. The SMILES string of the molecule is CC(NC1CCC(C)(C)C1)c1ccc2c(c1)OCCCO2. The molecule has 0 bridgehead atoms. The van der Waals surface area contributed by atoms with Crippen LogP contribution in [0.2, 0.25) is 0 Å². The van der Waals surface area contributed by atoms with Crippen LogP contribution < -0.4 is 14.8 Å². The average molecular weight is 289 g/mol. The molecule has 116 valence electrons. The maximum atomic E-state index is 5.79. The van der Waals surface area contributed by atoms with E-state index in [1.54, 1.807) is 0 Å². The lowest BCUT2D eigenvalue weighted by atomic mass is 9.91. The zero-order chi connectivity index (χ0) is 14.9. The smallest absolute Gasteiger partial charge is 0.161 e. The van der Waals surface area contributed by atoms with Crippen LogP contribution in [-0.4, -0.2) is 19.3 Å². The molecule has 1 saturated carbocycles. The first-order chi connectivity index (χ1) is 10.0. The van der Waals surface area contributed by atoms with Gasteiger partial charge < -0.3 is 14.8 Å². The van der Waals surface area contributed by atoms with Crippen LogP contribution >= 0.6 is 0 Å². The number of fused-ring (bicyclic) bond motifs is 1. The molecule has 3 rings (SSSR count). The van der Waals surface area contributed by atoms with Gasteiger partial charge >= 0.3 is 0 Å². The van der Waals surface area contributed by atoms with E-state index < -0.39 is 0 Å². The molecular formula is C18H27NO2. The highest BCUT2D eigenvalue weighted by atomic mass is 16.5. The molecule has 1 N–H and O–H groups in total. The highest BCUT2D eigenvalue weighted by Gasteiger charge is 2.31. The number of benzene rings is 1. The summed E-state index contributed by atoms with van der Waals surface area (Å²) < 4.78 is 11.5. The second-order valence-corrected chi connectivity index (χ2v) is 7.25. The van der Waals surface area contributed by atoms with Crippen molar-refractivity contribution in [1.82, 2.24) is 5.32 Å². The normalized spacial score (nSPS) is 25.4. The van der Waals surface area contributed by atoms with E-state index >= 15 is 0 Å². The minimum Gasteiger partial charge on any atom is -0.490 e. The van der Waals surface area contributed by atoms with Crippen molar-refractivity contribution in [1.29, 1.82) is 0 Å². The average Bonchev–Trinajstić information content (AvgIpc) is 2.65. The second kappa shape index (κ2) is 5.88. The first kappa shape index (κ1) is 14.7. The van der Waals surface area contributed by atoms with Crippen LogP contribution in [-0.2, 0) is 0 Å². The van der Waals surface area contributed by atoms with E-state index in [1.807, 2.05) is 6.07 Å². The Labute approximate surface area is 128 Å². The Morgan fingerprint density at radius 1 is 1.19 bits per heavy atom. The maximum absolute atomic E-state index is 5.79. The first-order valence-corrected chi connectivity index (χ1v) is 8.19. The van der Waals surface area contributed by atoms with E-state index in [1.165, 1.54) is 24.8 Å². The van der Waals surface area contributed by atoms with Crippen molar-refractivity contribution in [2.45, 2.75) is 58.5 Å². The molecule has 0 spiro atoms. The van der Waals surface area contributed by atoms with Gasteiger partial charge in [-0.3, -0.25) is 0 Å². The third kappa shape index (κ3) is 3.52. The summed E-state index contributed by atoms with van der Waals surface area (Å²) in [5.41, 5.74) is 1.77. The van der Waals surface area contributed by atoms with Gasteiger partial charge in [0.1, 0.15) is 0 Å². The summed E-state index contributed by atoms with van der Waals surface area (Å²) in [5, 5.41) is 3.78. The van der Waals surface area contributed by atoms with Gasteiger partial charge in [0, 0.05) is 18.5 Å². The molecule has 0 aromatic heterocycles. The third-order valence-electron chi connectivity index (χ3n) is 4.73.